The van der Waals surface area contributed by atoms with E-state index in [1.807, 2.05) is 12.1 Å². The quantitative estimate of drug-likeness (QED) is 0.377. The van der Waals surface area contributed by atoms with Crippen molar-refractivity contribution < 1.29 is 14.3 Å². The molecule has 6 heteroatoms. The zero-order chi connectivity index (χ0) is 15.2. The van der Waals surface area contributed by atoms with Crippen molar-refractivity contribution in [3.63, 3.8) is 0 Å². The molecule has 1 aliphatic rings. The van der Waals surface area contributed by atoms with Gasteiger partial charge in [-0.1, -0.05) is 25.5 Å². The summed E-state index contributed by atoms with van der Waals surface area (Å²) in [5.74, 6) is -0.285. The molecule has 21 heavy (non-hydrogen) atoms. The Morgan fingerprint density at radius 2 is 1.95 bits per heavy atom. The third-order valence-electron chi connectivity index (χ3n) is 2.88. The van der Waals surface area contributed by atoms with Crippen LogP contribution in [0.4, 0.5) is 0 Å². The fraction of sp³-hybridized carbons (Fsp3) is 0.267. The highest BCUT2D eigenvalue weighted by molar-refractivity contribution is 7.80. The van der Waals surface area contributed by atoms with Crippen molar-refractivity contribution in [2.24, 2.45) is 0 Å². The summed E-state index contributed by atoms with van der Waals surface area (Å²) in [5.41, 5.74) is 0.742. The van der Waals surface area contributed by atoms with E-state index in [2.05, 4.69) is 17.6 Å². The van der Waals surface area contributed by atoms with Crippen molar-refractivity contribution >= 4 is 35.2 Å². The monoisotopic (exact) mass is 304 g/mol. The lowest BCUT2D eigenvalue weighted by molar-refractivity contribution is -0.123. The third kappa shape index (κ3) is 4.13. The number of carbonyl (C=O) groups is 2. The third-order valence-corrected chi connectivity index (χ3v) is 3.08. The Bertz CT molecular complexity index is 589. The molecule has 0 spiro atoms. The Labute approximate surface area is 128 Å². The van der Waals surface area contributed by atoms with E-state index in [9.17, 15) is 9.59 Å². The molecule has 0 bridgehead atoms. The number of thiocarbonyl (C=S) groups is 1. The zero-order valence-corrected chi connectivity index (χ0v) is 12.5. The summed E-state index contributed by atoms with van der Waals surface area (Å²) in [6, 6.07) is 7.24. The standard InChI is InChI=1S/C15H16N2O3S/c1-2-3-7-20-11-6-4-5-10(8-11)9-12-13(18)16-15(21)17-14(12)19/h4-6,8-9H,2-3,7H2,1H3,(H2,16,17,18,19,21). The van der Waals surface area contributed by atoms with E-state index in [1.54, 1.807) is 12.1 Å². The van der Waals surface area contributed by atoms with Crippen LogP contribution in [0.1, 0.15) is 25.3 Å². The van der Waals surface area contributed by atoms with E-state index in [1.165, 1.54) is 6.08 Å². The summed E-state index contributed by atoms with van der Waals surface area (Å²) in [4.78, 5) is 23.5. The number of amides is 2. The minimum absolute atomic E-state index is 0.0225. The second kappa shape index (κ2) is 6.99. The second-order valence-electron chi connectivity index (χ2n) is 4.57. The zero-order valence-electron chi connectivity index (χ0n) is 11.6. The van der Waals surface area contributed by atoms with Crippen molar-refractivity contribution in [1.29, 1.82) is 0 Å². The second-order valence-corrected chi connectivity index (χ2v) is 4.98. The Hall–Kier alpha value is -2.21. The van der Waals surface area contributed by atoms with Gasteiger partial charge in [-0.05, 0) is 42.4 Å². The van der Waals surface area contributed by atoms with E-state index < -0.39 is 11.8 Å². The molecule has 1 aromatic rings. The maximum absolute atomic E-state index is 11.8. The molecule has 2 rings (SSSR count). The first kappa shape index (κ1) is 15.2. The molecule has 0 aliphatic carbocycles. The molecule has 2 amide bonds. The van der Waals surface area contributed by atoms with Gasteiger partial charge in [0, 0.05) is 0 Å². The molecule has 1 aliphatic heterocycles. The van der Waals surface area contributed by atoms with Gasteiger partial charge in [-0.2, -0.15) is 0 Å². The minimum atomic E-state index is -0.499. The van der Waals surface area contributed by atoms with Crippen LogP contribution in [-0.4, -0.2) is 23.5 Å². The first-order valence-electron chi connectivity index (χ1n) is 6.71. The molecular formula is C15H16N2O3S. The van der Waals surface area contributed by atoms with Crippen molar-refractivity contribution in [1.82, 2.24) is 10.6 Å². The topological polar surface area (TPSA) is 67.4 Å². The SMILES string of the molecule is CCCCOc1cccc(C=C2C(=O)NC(=S)NC2=O)c1. The van der Waals surface area contributed by atoms with Crippen LogP contribution in [0.15, 0.2) is 29.8 Å². The van der Waals surface area contributed by atoms with Crippen LogP contribution in [0.2, 0.25) is 0 Å². The Balaban J connectivity index is 2.16. The predicted octanol–water partition coefficient (Wildman–Crippen LogP) is 1.78. The summed E-state index contributed by atoms with van der Waals surface area (Å²) in [6.07, 6.45) is 3.55. The molecule has 5 nitrogen and oxygen atoms in total. The van der Waals surface area contributed by atoms with Gasteiger partial charge in [-0.25, -0.2) is 0 Å². The summed E-state index contributed by atoms with van der Waals surface area (Å²) < 4.78 is 5.60. The molecule has 2 N–H and O–H groups in total. The molecule has 110 valence electrons. The number of nitrogens with one attached hydrogen (secondary N) is 2. The predicted molar refractivity (Wildman–Crippen MR) is 83.7 cm³/mol. The normalized spacial score (nSPS) is 14.5. The van der Waals surface area contributed by atoms with Crippen molar-refractivity contribution in [2.75, 3.05) is 6.61 Å². The summed E-state index contributed by atoms with van der Waals surface area (Å²) in [5, 5.41) is 4.82. The number of rotatable bonds is 5. The molecule has 0 aromatic heterocycles. The van der Waals surface area contributed by atoms with Gasteiger partial charge >= 0.3 is 0 Å². The number of hydrogen-bond donors (Lipinski definition) is 2. The molecule has 1 saturated heterocycles. The molecule has 1 heterocycles. The Morgan fingerprint density at radius 3 is 2.62 bits per heavy atom. The van der Waals surface area contributed by atoms with Crippen LogP contribution in [0.3, 0.4) is 0 Å². The van der Waals surface area contributed by atoms with Crippen molar-refractivity contribution in [2.45, 2.75) is 19.8 Å². The van der Waals surface area contributed by atoms with Gasteiger partial charge in [0.25, 0.3) is 11.8 Å². The number of hydrogen-bond acceptors (Lipinski definition) is 4. The average molecular weight is 304 g/mol. The number of ether oxygens (including phenoxy) is 1. The van der Waals surface area contributed by atoms with E-state index in [0.717, 1.165) is 18.4 Å². The maximum Gasteiger partial charge on any atom is 0.263 e. The first-order valence-corrected chi connectivity index (χ1v) is 7.12. The first-order chi connectivity index (χ1) is 10.1. The number of unbranched alkanes of at least 4 members (excludes halogenated alkanes) is 1. The molecule has 1 fully saturated rings. The minimum Gasteiger partial charge on any atom is -0.494 e. The van der Waals surface area contributed by atoms with Gasteiger partial charge in [0.2, 0.25) is 0 Å². The van der Waals surface area contributed by atoms with E-state index >= 15 is 0 Å². The summed E-state index contributed by atoms with van der Waals surface area (Å²) >= 11 is 4.75. The Kier molecular flexibility index (Phi) is 5.05. The molecule has 0 unspecified atom stereocenters. The smallest absolute Gasteiger partial charge is 0.263 e. The highest BCUT2D eigenvalue weighted by Gasteiger charge is 2.25. The molecule has 0 radical (unpaired) electrons. The van der Waals surface area contributed by atoms with Crippen molar-refractivity contribution in [3.05, 3.63) is 35.4 Å². The molecule has 0 atom stereocenters. The van der Waals surface area contributed by atoms with Gasteiger partial charge in [0.05, 0.1) is 6.61 Å². The average Bonchev–Trinajstić information content (AvgIpc) is 2.44. The highest BCUT2D eigenvalue weighted by atomic mass is 32.1. The van der Waals surface area contributed by atoms with Crippen molar-refractivity contribution in [3.8, 4) is 5.75 Å². The van der Waals surface area contributed by atoms with E-state index in [4.69, 9.17) is 17.0 Å². The van der Waals surface area contributed by atoms with Crippen LogP contribution in [0.5, 0.6) is 5.75 Å². The van der Waals surface area contributed by atoms with Gasteiger partial charge < -0.3 is 4.74 Å². The largest absolute Gasteiger partial charge is 0.494 e. The fourth-order valence-corrected chi connectivity index (χ4v) is 1.99. The number of carbonyl (C=O) groups excluding carboxylic acids is 2. The molecule has 0 saturated carbocycles. The van der Waals surface area contributed by atoms with Gasteiger partial charge in [0.1, 0.15) is 11.3 Å². The summed E-state index contributed by atoms with van der Waals surface area (Å²) in [7, 11) is 0. The van der Waals surface area contributed by atoms with Gasteiger partial charge in [0.15, 0.2) is 5.11 Å². The van der Waals surface area contributed by atoms with Crippen LogP contribution in [-0.2, 0) is 9.59 Å². The lowest BCUT2D eigenvalue weighted by atomic mass is 10.1. The van der Waals surface area contributed by atoms with Crippen LogP contribution < -0.4 is 15.4 Å². The van der Waals surface area contributed by atoms with Gasteiger partial charge in [-0.15, -0.1) is 0 Å². The number of benzene rings is 1. The lowest BCUT2D eigenvalue weighted by Crippen LogP contribution is -2.51. The van der Waals surface area contributed by atoms with Crippen LogP contribution >= 0.6 is 12.2 Å². The molecule has 1 aromatic carbocycles. The highest BCUT2D eigenvalue weighted by Crippen LogP contribution is 2.17. The fourth-order valence-electron chi connectivity index (χ4n) is 1.80. The van der Waals surface area contributed by atoms with E-state index in [-0.39, 0.29) is 10.7 Å². The molecular weight excluding hydrogens is 288 g/mol. The van der Waals surface area contributed by atoms with E-state index in [0.29, 0.717) is 12.4 Å². The Morgan fingerprint density at radius 1 is 1.24 bits per heavy atom. The van der Waals surface area contributed by atoms with Crippen LogP contribution in [0.25, 0.3) is 6.08 Å². The summed E-state index contributed by atoms with van der Waals surface area (Å²) in [6.45, 7) is 2.74. The maximum atomic E-state index is 11.8. The lowest BCUT2D eigenvalue weighted by Gasteiger charge is -2.16. The van der Waals surface area contributed by atoms with Gasteiger partial charge in [-0.3, -0.25) is 20.2 Å². The van der Waals surface area contributed by atoms with Crippen LogP contribution in [0, 0.1) is 0 Å².